The van der Waals surface area contributed by atoms with Gasteiger partial charge in [-0.25, -0.2) is 4.79 Å². The van der Waals surface area contributed by atoms with Crippen molar-refractivity contribution in [3.63, 3.8) is 0 Å². The van der Waals surface area contributed by atoms with Crippen LogP contribution in [-0.4, -0.2) is 22.5 Å². The first-order chi connectivity index (χ1) is 17.4. The van der Waals surface area contributed by atoms with Crippen molar-refractivity contribution in [3.8, 4) is 23.0 Å². The van der Waals surface area contributed by atoms with E-state index in [4.69, 9.17) is 0 Å². The zero-order chi connectivity index (χ0) is 25.4. The van der Waals surface area contributed by atoms with Crippen molar-refractivity contribution in [1.82, 2.24) is 15.3 Å². The summed E-state index contributed by atoms with van der Waals surface area (Å²) in [5, 5.41) is 5.61. The van der Waals surface area contributed by atoms with Crippen LogP contribution < -0.4 is 10.6 Å². The maximum Gasteiger partial charge on any atom is 0.416 e. The number of rotatable bonds is 5. The summed E-state index contributed by atoms with van der Waals surface area (Å²) in [4.78, 5) is 20.5. The second-order valence-corrected chi connectivity index (χ2v) is 7.81. The number of anilines is 1. The van der Waals surface area contributed by atoms with Crippen LogP contribution >= 0.6 is 0 Å². The predicted octanol–water partition coefficient (Wildman–Crippen LogP) is 5.93. The van der Waals surface area contributed by atoms with Crippen LogP contribution in [0.25, 0.3) is 11.1 Å². The molecule has 0 aliphatic heterocycles. The number of aromatic nitrogens is 2. The zero-order valence-electron chi connectivity index (χ0n) is 19.0. The molecule has 8 heteroatoms. The summed E-state index contributed by atoms with van der Waals surface area (Å²) >= 11 is 0. The number of nitrogens with one attached hydrogen (secondary N) is 2. The van der Waals surface area contributed by atoms with Gasteiger partial charge in [0.05, 0.1) is 5.56 Å². The lowest BCUT2D eigenvalue weighted by Gasteiger charge is -2.11. The second-order valence-electron chi connectivity index (χ2n) is 7.81. The van der Waals surface area contributed by atoms with Gasteiger partial charge in [0, 0.05) is 48.1 Å². The minimum atomic E-state index is -4.40. The first kappa shape index (κ1) is 24.5. The van der Waals surface area contributed by atoms with Crippen LogP contribution in [0.3, 0.4) is 0 Å². The summed E-state index contributed by atoms with van der Waals surface area (Å²) in [6.07, 6.45) is 3.00. The molecule has 2 heterocycles. The summed E-state index contributed by atoms with van der Waals surface area (Å²) < 4.78 is 38.5. The van der Waals surface area contributed by atoms with Gasteiger partial charge in [-0.15, -0.1) is 0 Å². The Morgan fingerprint density at radius 1 is 0.889 bits per heavy atom. The lowest BCUT2D eigenvalue weighted by molar-refractivity contribution is -0.137. The normalized spacial score (nSPS) is 10.8. The fourth-order valence-corrected chi connectivity index (χ4v) is 3.43. The molecular weight excluding hydrogens is 465 g/mol. The number of urea groups is 1. The van der Waals surface area contributed by atoms with Gasteiger partial charge in [-0.1, -0.05) is 24.0 Å². The Bertz CT molecular complexity index is 1380. The van der Waals surface area contributed by atoms with Crippen LogP contribution in [0.2, 0.25) is 0 Å². The number of nitrogens with zero attached hydrogens (tertiary/aromatic N) is 2. The van der Waals surface area contributed by atoms with Crippen molar-refractivity contribution in [3.05, 3.63) is 114 Å². The molecule has 0 spiro atoms. The first-order valence-electron chi connectivity index (χ1n) is 11.1. The van der Waals surface area contributed by atoms with E-state index >= 15 is 0 Å². The molecule has 0 radical (unpaired) electrons. The summed E-state index contributed by atoms with van der Waals surface area (Å²) in [6.45, 7) is 0.438. The summed E-state index contributed by atoms with van der Waals surface area (Å²) in [7, 11) is 0. The SMILES string of the molecule is O=C(NCCc1cccnc1)Nc1ccc(-c2ccncc2)c(C#Cc2ccc(C(F)(F)F)cc2)c1. The average Bonchev–Trinajstić information content (AvgIpc) is 2.88. The van der Waals surface area contributed by atoms with Crippen molar-refractivity contribution in [2.75, 3.05) is 11.9 Å². The van der Waals surface area contributed by atoms with Crippen LogP contribution in [-0.2, 0) is 12.6 Å². The zero-order valence-corrected chi connectivity index (χ0v) is 19.0. The molecule has 2 aromatic heterocycles. The Hall–Kier alpha value is -4.64. The fourth-order valence-electron chi connectivity index (χ4n) is 3.43. The van der Waals surface area contributed by atoms with Gasteiger partial charge in [0.15, 0.2) is 0 Å². The van der Waals surface area contributed by atoms with Gasteiger partial charge >= 0.3 is 12.2 Å². The van der Waals surface area contributed by atoms with E-state index in [9.17, 15) is 18.0 Å². The minimum absolute atomic E-state index is 0.364. The number of carbonyl (C=O) groups is 1. The lowest BCUT2D eigenvalue weighted by atomic mass is 9.99. The number of hydrogen-bond donors (Lipinski definition) is 2. The number of amides is 2. The van der Waals surface area contributed by atoms with Gasteiger partial charge in [-0.2, -0.15) is 13.2 Å². The van der Waals surface area contributed by atoms with Gasteiger partial charge in [0.2, 0.25) is 0 Å². The molecule has 4 rings (SSSR count). The van der Waals surface area contributed by atoms with Crippen LogP contribution in [0.15, 0.2) is 91.5 Å². The molecule has 0 aliphatic carbocycles. The van der Waals surface area contributed by atoms with Crippen molar-refractivity contribution in [2.45, 2.75) is 12.6 Å². The number of hydrogen-bond acceptors (Lipinski definition) is 3. The molecule has 36 heavy (non-hydrogen) atoms. The Morgan fingerprint density at radius 3 is 2.36 bits per heavy atom. The van der Waals surface area contributed by atoms with E-state index in [1.807, 2.05) is 30.3 Å². The largest absolute Gasteiger partial charge is 0.416 e. The number of carbonyl (C=O) groups excluding carboxylic acids is 1. The summed E-state index contributed by atoms with van der Waals surface area (Å²) in [5.74, 6) is 5.95. The van der Waals surface area contributed by atoms with Gasteiger partial charge in [0.25, 0.3) is 0 Å². The number of alkyl halides is 3. The van der Waals surface area contributed by atoms with Crippen molar-refractivity contribution in [2.24, 2.45) is 0 Å². The Labute approximate surface area is 206 Å². The standard InChI is InChI=1S/C28H21F3N4O/c29-28(30,31)24-7-4-20(5-8-24)3-6-23-18-25(9-10-26(23)22-12-15-32-16-13-22)35-27(36)34-17-11-21-2-1-14-33-19-21/h1-2,4-5,7-10,12-16,18-19H,11,17H2,(H2,34,35,36). The molecule has 0 atom stereocenters. The number of halogens is 3. The Kier molecular flexibility index (Phi) is 7.61. The molecule has 2 aromatic carbocycles. The molecule has 0 saturated carbocycles. The molecule has 4 aromatic rings. The fraction of sp³-hybridized carbons (Fsp3) is 0.107. The molecule has 0 saturated heterocycles. The number of benzene rings is 2. The van der Waals surface area contributed by atoms with E-state index in [0.29, 0.717) is 29.8 Å². The molecule has 2 N–H and O–H groups in total. The molecular formula is C28H21F3N4O. The van der Waals surface area contributed by atoms with E-state index in [-0.39, 0.29) is 6.03 Å². The maximum absolute atomic E-state index is 12.8. The van der Waals surface area contributed by atoms with E-state index in [1.165, 1.54) is 12.1 Å². The van der Waals surface area contributed by atoms with Crippen molar-refractivity contribution >= 4 is 11.7 Å². The monoisotopic (exact) mass is 486 g/mol. The van der Waals surface area contributed by atoms with E-state index in [1.54, 1.807) is 36.9 Å². The smallest absolute Gasteiger partial charge is 0.338 e. The van der Waals surface area contributed by atoms with Gasteiger partial charge in [-0.05, 0) is 77.7 Å². The van der Waals surface area contributed by atoms with Gasteiger partial charge in [-0.3, -0.25) is 9.97 Å². The van der Waals surface area contributed by atoms with Crippen LogP contribution in [0.4, 0.5) is 23.7 Å². The summed E-state index contributed by atoms with van der Waals surface area (Å²) in [6, 6.07) is 17.1. The minimum Gasteiger partial charge on any atom is -0.338 e. The van der Waals surface area contributed by atoms with Crippen molar-refractivity contribution in [1.29, 1.82) is 0 Å². The third-order valence-corrected chi connectivity index (χ3v) is 5.24. The highest BCUT2D eigenvalue weighted by molar-refractivity contribution is 5.90. The Balaban J connectivity index is 1.52. The highest BCUT2D eigenvalue weighted by atomic mass is 19.4. The molecule has 0 aliphatic rings. The van der Waals surface area contributed by atoms with Crippen LogP contribution in [0.1, 0.15) is 22.3 Å². The van der Waals surface area contributed by atoms with Crippen LogP contribution in [0.5, 0.6) is 0 Å². The average molecular weight is 486 g/mol. The van der Waals surface area contributed by atoms with Gasteiger partial charge < -0.3 is 10.6 Å². The molecule has 2 amide bonds. The van der Waals surface area contributed by atoms with Gasteiger partial charge in [0.1, 0.15) is 0 Å². The molecule has 180 valence electrons. The maximum atomic E-state index is 12.8. The second kappa shape index (κ2) is 11.2. The third kappa shape index (κ3) is 6.70. The molecule has 0 unspecified atom stereocenters. The van der Waals surface area contributed by atoms with Crippen molar-refractivity contribution < 1.29 is 18.0 Å². The lowest BCUT2D eigenvalue weighted by Crippen LogP contribution is -2.30. The number of pyridine rings is 2. The molecule has 5 nitrogen and oxygen atoms in total. The Morgan fingerprint density at radius 2 is 1.67 bits per heavy atom. The van der Waals surface area contributed by atoms with Crippen LogP contribution in [0, 0.1) is 11.8 Å². The quantitative estimate of drug-likeness (QED) is 0.344. The third-order valence-electron chi connectivity index (χ3n) is 5.24. The van der Waals surface area contributed by atoms with E-state index in [0.717, 1.165) is 28.8 Å². The molecule has 0 bridgehead atoms. The first-order valence-corrected chi connectivity index (χ1v) is 11.1. The van der Waals surface area contributed by atoms with E-state index < -0.39 is 11.7 Å². The molecule has 0 fully saturated rings. The van der Waals surface area contributed by atoms with E-state index in [2.05, 4.69) is 32.4 Å². The highest BCUT2D eigenvalue weighted by Crippen LogP contribution is 2.29. The summed E-state index contributed by atoms with van der Waals surface area (Å²) in [5.41, 5.74) is 3.54. The topological polar surface area (TPSA) is 66.9 Å². The highest BCUT2D eigenvalue weighted by Gasteiger charge is 2.29. The predicted molar refractivity (Wildman–Crippen MR) is 132 cm³/mol.